The van der Waals surface area contributed by atoms with Gasteiger partial charge in [0.1, 0.15) is 0 Å². The third-order valence-corrected chi connectivity index (χ3v) is 2.73. The first kappa shape index (κ1) is 15.7. The molecule has 4 nitrogen and oxygen atoms in total. The van der Waals surface area contributed by atoms with Gasteiger partial charge in [0.15, 0.2) is 0 Å². The summed E-state index contributed by atoms with van der Waals surface area (Å²) in [6.07, 6.45) is 4.63. The zero-order valence-electron chi connectivity index (χ0n) is 10.3. The Labute approximate surface area is 103 Å². The first-order valence-corrected chi connectivity index (χ1v) is 7.21. The van der Waals surface area contributed by atoms with E-state index in [0.29, 0.717) is 13.2 Å². The fraction of sp³-hybridized carbons (Fsp3) is 0.909. The van der Waals surface area contributed by atoms with Crippen molar-refractivity contribution in [1.82, 2.24) is 5.32 Å². The molecule has 0 aliphatic heterocycles. The molecule has 3 N–H and O–H groups in total. The molecule has 5 heteroatoms. The van der Waals surface area contributed by atoms with Gasteiger partial charge in [0, 0.05) is 19.8 Å². The van der Waals surface area contributed by atoms with Crippen LogP contribution in [-0.2, 0) is 9.53 Å². The zero-order chi connectivity index (χ0) is 12.2. The van der Waals surface area contributed by atoms with E-state index in [4.69, 9.17) is 10.5 Å². The average molecular weight is 248 g/mol. The normalized spacial score (nSPS) is 12.4. The molecule has 0 unspecified atom stereocenters. The van der Waals surface area contributed by atoms with Gasteiger partial charge in [-0.1, -0.05) is 6.92 Å². The van der Waals surface area contributed by atoms with E-state index in [9.17, 15) is 4.79 Å². The molecule has 0 aromatic rings. The second-order valence-corrected chi connectivity index (χ2v) is 4.63. The zero-order valence-corrected chi connectivity index (χ0v) is 11.1. The summed E-state index contributed by atoms with van der Waals surface area (Å²) in [4.78, 5) is 11.5. The van der Waals surface area contributed by atoms with E-state index in [-0.39, 0.29) is 11.9 Å². The number of rotatable bonds is 10. The average Bonchev–Trinajstić information content (AvgIpc) is 2.30. The first-order valence-electron chi connectivity index (χ1n) is 5.82. The Morgan fingerprint density at radius 1 is 1.50 bits per heavy atom. The highest BCUT2D eigenvalue weighted by atomic mass is 32.2. The van der Waals surface area contributed by atoms with Crippen LogP contribution in [0.25, 0.3) is 0 Å². The standard InChI is InChI=1S/C11H24N2O2S/c1-3-7-15-8-4-6-13-11(14)10(12)5-9-16-2/h10H,3-9,12H2,1-2H3,(H,13,14)/t10-/m0/s1. The van der Waals surface area contributed by atoms with E-state index < -0.39 is 0 Å². The molecule has 0 saturated heterocycles. The molecule has 0 spiro atoms. The molecule has 0 aliphatic carbocycles. The third kappa shape index (κ3) is 9.00. The molecule has 0 rings (SSSR count). The fourth-order valence-corrected chi connectivity index (χ4v) is 1.63. The molecule has 0 heterocycles. The Balaban J connectivity index is 3.35. The minimum absolute atomic E-state index is 0.0514. The highest BCUT2D eigenvalue weighted by Gasteiger charge is 2.11. The van der Waals surface area contributed by atoms with Crippen LogP contribution in [0.2, 0.25) is 0 Å². The third-order valence-electron chi connectivity index (χ3n) is 2.08. The molecule has 16 heavy (non-hydrogen) atoms. The molecule has 0 aliphatic rings. The van der Waals surface area contributed by atoms with Crippen molar-refractivity contribution in [1.29, 1.82) is 0 Å². The van der Waals surface area contributed by atoms with Gasteiger partial charge in [-0.15, -0.1) is 0 Å². The summed E-state index contributed by atoms with van der Waals surface area (Å²) in [5, 5.41) is 2.82. The summed E-state index contributed by atoms with van der Waals surface area (Å²) < 4.78 is 5.30. The maximum atomic E-state index is 11.5. The summed E-state index contributed by atoms with van der Waals surface area (Å²) >= 11 is 1.70. The lowest BCUT2D eigenvalue weighted by atomic mass is 10.2. The number of hydrogen-bond acceptors (Lipinski definition) is 4. The van der Waals surface area contributed by atoms with E-state index in [1.807, 2.05) is 6.26 Å². The van der Waals surface area contributed by atoms with Crippen molar-refractivity contribution in [2.75, 3.05) is 31.8 Å². The Bertz CT molecular complexity index is 179. The van der Waals surface area contributed by atoms with Crippen LogP contribution in [-0.4, -0.2) is 43.7 Å². The molecule has 0 fully saturated rings. The Hall–Kier alpha value is -0.260. The van der Waals surface area contributed by atoms with E-state index in [1.165, 1.54) is 0 Å². The summed E-state index contributed by atoms with van der Waals surface area (Å²) in [6.45, 7) is 4.22. The lowest BCUT2D eigenvalue weighted by Crippen LogP contribution is -2.41. The van der Waals surface area contributed by atoms with E-state index in [1.54, 1.807) is 11.8 Å². The number of carbonyl (C=O) groups excluding carboxylic acids is 1. The molecular weight excluding hydrogens is 224 g/mol. The van der Waals surface area contributed by atoms with Crippen molar-refractivity contribution in [3.05, 3.63) is 0 Å². The predicted molar refractivity (Wildman–Crippen MR) is 69.7 cm³/mol. The second-order valence-electron chi connectivity index (χ2n) is 3.64. The van der Waals surface area contributed by atoms with Crippen molar-refractivity contribution in [2.24, 2.45) is 5.73 Å². The van der Waals surface area contributed by atoms with E-state index in [0.717, 1.165) is 31.6 Å². The quantitative estimate of drug-likeness (QED) is 0.566. The lowest BCUT2D eigenvalue weighted by molar-refractivity contribution is -0.122. The van der Waals surface area contributed by atoms with Crippen LogP contribution >= 0.6 is 11.8 Å². The van der Waals surface area contributed by atoms with Crippen LogP contribution < -0.4 is 11.1 Å². The van der Waals surface area contributed by atoms with Gasteiger partial charge in [-0.25, -0.2) is 0 Å². The van der Waals surface area contributed by atoms with Crippen LogP contribution in [0.3, 0.4) is 0 Å². The lowest BCUT2D eigenvalue weighted by Gasteiger charge is -2.11. The maximum absolute atomic E-state index is 11.5. The summed E-state index contributed by atoms with van der Waals surface area (Å²) in [5.41, 5.74) is 5.71. The molecule has 96 valence electrons. The van der Waals surface area contributed by atoms with Crippen molar-refractivity contribution >= 4 is 17.7 Å². The minimum Gasteiger partial charge on any atom is -0.381 e. The van der Waals surface area contributed by atoms with Crippen molar-refractivity contribution in [3.8, 4) is 0 Å². The number of thioether (sulfide) groups is 1. The van der Waals surface area contributed by atoms with Gasteiger partial charge in [0.2, 0.25) is 5.91 Å². The van der Waals surface area contributed by atoms with Gasteiger partial charge in [0.25, 0.3) is 0 Å². The fourth-order valence-electron chi connectivity index (χ4n) is 1.14. The highest BCUT2D eigenvalue weighted by Crippen LogP contribution is 1.98. The molecule has 0 aromatic carbocycles. The monoisotopic (exact) mass is 248 g/mol. The molecule has 0 aromatic heterocycles. The van der Waals surface area contributed by atoms with E-state index >= 15 is 0 Å². The number of hydrogen-bond donors (Lipinski definition) is 2. The minimum atomic E-state index is -0.371. The molecule has 0 bridgehead atoms. The van der Waals surface area contributed by atoms with Crippen LogP contribution in [0, 0.1) is 0 Å². The largest absolute Gasteiger partial charge is 0.381 e. The number of ether oxygens (including phenoxy) is 1. The van der Waals surface area contributed by atoms with Gasteiger partial charge in [-0.2, -0.15) is 11.8 Å². The number of nitrogens with one attached hydrogen (secondary N) is 1. The van der Waals surface area contributed by atoms with Crippen molar-refractivity contribution in [3.63, 3.8) is 0 Å². The molecule has 0 saturated carbocycles. The van der Waals surface area contributed by atoms with Gasteiger partial charge in [-0.05, 0) is 31.3 Å². The predicted octanol–water partition coefficient (Wildman–Crippen LogP) is 1.000. The van der Waals surface area contributed by atoms with Crippen LogP contribution in [0.4, 0.5) is 0 Å². The van der Waals surface area contributed by atoms with Crippen LogP contribution in [0.1, 0.15) is 26.2 Å². The topological polar surface area (TPSA) is 64.3 Å². The second kappa shape index (κ2) is 11.2. The Morgan fingerprint density at radius 3 is 2.88 bits per heavy atom. The maximum Gasteiger partial charge on any atom is 0.236 e. The summed E-state index contributed by atoms with van der Waals surface area (Å²) in [5.74, 6) is 0.873. The highest BCUT2D eigenvalue weighted by molar-refractivity contribution is 7.98. The van der Waals surface area contributed by atoms with Gasteiger partial charge in [0.05, 0.1) is 6.04 Å². The van der Waals surface area contributed by atoms with Crippen molar-refractivity contribution < 1.29 is 9.53 Å². The number of amides is 1. The number of carbonyl (C=O) groups is 1. The molecule has 1 amide bonds. The summed E-state index contributed by atoms with van der Waals surface area (Å²) in [6, 6.07) is -0.371. The molecule has 0 radical (unpaired) electrons. The molecule has 1 atom stereocenters. The smallest absolute Gasteiger partial charge is 0.236 e. The molecular formula is C11H24N2O2S. The van der Waals surface area contributed by atoms with Crippen LogP contribution in [0.5, 0.6) is 0 Å². The SMILES string of the molecule is CCCOCCCNC(=O)[C@@H](N)CCSC. The summed E-state index contributed by atoms with van der Waals surface area (Å²) in [7, 11) is 0. The van der Waals surface area contributed by atoms with Crippen molar-refractivity contribution in [2.45, 2.75) is 32.2 Å². The van der Waals surface area contributed by atoms with Crippen LogP contribution in [0.15, 0.2) is 0 Å². The Morgan fingerprint density at radius 2 is 2.25 bits per heavy atom. The number of nitrogens with two attached hydrogens (primary N) is 1. The first-order chi connectivity index (χ1) is 7.72. The van der Waals surface area contributed by atoms with E-state index in [2.05, 4.69) is 12.2 Å². The Kier molecular flexibility index (Phi) is 11.0. The van der Waals surface area contributed by atoms with Gasteiger partial charge >= 0.3 is 0 Å². The van der Waals surface area contributed by atoms with Gasteiger partial charge in [-0.3, -0.25) is 4.79 Å². The van der Waals surface area contributed by atoms with Gasteiger partial charge < -0.3 is 15.8 Å².